The molecule has 0 bridgehead atoms. The maximum absolute atomic E-state index is 6.04. The van der Waals surface area contributed by atoms with Gasteiger partial charge in [-0.1, -0.05) is 41.9 Å². The number of anilines is 3. The third kappa shape index (κ3) is 2.58. The average molecular weight is 299 g/mol. The molecule has 3 aromatic rings. The minimum Gasteiger partial charge on any atom is -0.380 e. The van der Waals surface area contributed by atoms with Crippen molar-refractivity contribution in [3.8, 4) is 11.3 Å². The van der Waals surface area contributed by atoms with Gasteiger partial charge in [0.2, 0.25) is 0 Å². The normalized spacial score (nSPS) is 10.6. The fourth-order valence-electron chi connectivity index (χ4n) is 2.29. The quantitative estimate of drug-likeness (QED) is 0.766. The van der Waals surface area contributed by atoms with Crippen molar-refractivity contribution in [1.29, 1.82) is 0 Å². The van der Waals surface area contributed by atoms with Crippen LogP contribution in [-0.2, 0) is 0 Å². The minimum atomic E-state index is 0.464. The van der Waals surface area contributed by atoms with Crippen LogP contribution in [-0.4, -0.2) is 17.2 Å². The topological polar surface area (TPSA) is 57.9 Å². The molecule has 0 radical (unpaired) electrons. The van der Waals surface area contributed by atoms with Gasteiger partial charge in [0.1, 0.15) is 5.69 Å². The molecule has 5 heteroatoms. The van der Waals surface area contributed by atoms with Crippen LogP contribution in [0.15, 0.2) is 54.6 Å². The Bertz CT molecular complexity index is 735. The predicted molar refractivity (Wildman–Crippen MR) is 88.0 cm³/mol. The number of nitrogens with one attached hydrogen (secondary N) is 1. The second-order valence-electron chi connectivity index (χ2n) is 4.73. The lowest BCUT2D eigenvalue weighted by Gasteiger charge is -2.20. The van der Waals surface area contributed by atoms with Crippen LogP contribution >= 0.6 is 11.6 Å². The van der Waals surface area contributed by atoms with Crippen molar-refractivity contribution in [2.45, 2.75) is 0 Å². The number of halogens is 1. The van der Waals surface area contributed by atoms with Gasteiger partial charge in [-0.15, -0.1) is 0 Å². The Balaban J connectivity index is 2.07. The predicted octanol–water partition coefficient (Wildman–Crippen LogP) is 4.08. The van der Waals surface area contributed by atoms with Gasteiger partial charge in [-0.3, -0.25) is 5.10 Å². The van der Waals surface area contributed by atoms with Gasteiger partial charge < -0.3 is 10.6 Å². The van der Waals surface area contributed by atoms with Crippen molar-refractivity contribution in [2.24, 2.45) is 0 Å². The van der Waals surface area contributed by atoms with Gasteiger partial charge in [-0.25, -0.2) is 0 Å². The summed E-state index contributed by atoms with van der Waals surface area (Å²) < 4.78 is 0. The van der Waals surface area contributed by atoms with E-state index in [0.29, 0.717) is 10.8 Å². The first kappa shape index (κ1) is 13.5. The van der Waals surface area contributed by atoms with Crippen molar-refractivity contribution >= 4 is 28.8 Å². The molecule has 4 nitrogen and oxygen atoms in total. The molecular formula is C16H15ClN4. The molecule has 3 rings (SSSR count). The number of aromatic nitrogens is 2. The first-order valence-corrected chi connectivity index (χ1v) is 6.93. The lowest BCUT2D eigenvalue weighted by atomic mass is 10.1. The van der Waals surface area contributed by atoms with Crippen LogP contribution in [0.25, 0.3) is 11.3 Å². The van der Waals surface area contributed by atoms with Crippen molar-refractivity contribution in [3.63, 3.8) is 0 Å². The minimum absolute atomic E-state index is 0.464. The monoisotopic (exact) mass is 298 g/mol. The Morgan fingerprint density at radius 1 is 1.05 bits per heavy atom. The van der Waals surface area contributed by atoms with Crippen molar-refractivity contribution < 1.29 is 0 Å². The highest BCUT2D eigenvalue weighted by atomic mass is 35.5. The molecule has 106 valence electrons. The molecule has 0 aliphatic heterocycles. The standard InChI is InChI=1S/C16H15ClN4/c1-21(13-5-3-2-4-6-13)15-14(19-20-16(15)18)11-7-9-12(17)10-8-11/h2-10H,1H3,(H3,18,19,20). The summed E-state index contributed by atoms with van der Waals surface area (Å²) in [6.07, 6.45) is 0. The molecule has 0 aliphatic carbocycles. The van der Waals surface area contributed by atoms with Gasteiger partial charge in [-0.2, -0.15) is 5.10 Å². The summed E-state index contributed by atoms with van der Waals surface area (Å²) in [5.41, 5.74) is 9.79. The zero-order chi connectivity index (χ0) is 14.8. The molecular weight excluding hydrogens is 284 g/mol. The maximum Gasteiger partial charge on any atom is 0.169 e. The third-order valence-electron chi connectivity index (χ3n) is 3.38. The first-order chi connectivity index (χ1) is 10.2. The van der Waals surface area contributed by atoms with Crippen LogP contribution in [0, 0.1) is 0 Å². The molecule has 21 heavy (non-hydrogen) atoms. The van der Waals surface area contributed by atoms with E-state index >= 15 is 0 Å². The number of rotatable bonds is 3. The fourth-order valence-corrected chi connectivity index (χ4v) is 2.41. The number of benzene rings is 2. The number of para-hydroxylation sites is 1. The van der Waals surface area contributed by atoms with Crippen LogP contribution in [0.4, 0.5) is 17.2 Å². The molecule has 0 fully saturated rings. The van der Waals surface area contributed by atoms with E-state index in [1.54, 1.807) is 0 Å². The van der Waals surface area contributed by atoms with Crippen LogP contribution in [0.3, 0.4) is 0 Å². The number of nitrogen functional groups attached to an aromatic ring is 1. The van der Waals surface area contributed by atoms with E-state index in [1.807, 2.05) is 66.5 Å². The summed E-state index contributed by atoms with van der Waals surface area (Å²) in [4.78, 5) is 2.02. The molecule has 0 atom stereocenters. The zero-order valence-corrected chi connectivity index (χ0v) is 12.3. The molecule has 0 saturated carbocycles. The average Bonchev–Trinajstić information content (AvgIpc) is 2.90. The van der Waals surface area contributed by atoms with Crippen LogP contribution in [0.1, 0.15) is 0 Å². The molecule has 0 spiro atoms. The summed E-state index contributed by atoms with van der Waals surface area (Å²) >= 11 is 5.94. The number of aromatic amines is 1. The Labute approximate surface area is 128 Å². The molecule has 3 N–H and O–H groups in total. The van der Waals surface area contributed by atoms with Gasteiger partial charge >= 0.3 is 0 Å². The fraction of sp³-hybridized carbons (Fsp3) is 0.0625. The van der Waals surface area contributed by atoms with Crippen molar-refractivity contribution in [3.05, 3.63) is 59.6 Å². The molecule has 0 amide bonds. The number of hydrogen-bond acceptors (Lipinski definition) is 3. The highest BCUT2D eigenvalue weighted by molar-refractivity contribution is 6.30. The van der Waals surface area contributed by atoms with E-state index in [2.05, 4.69) is 10.2 Å². The van der Waals surface area contributed by atoms with E-state index in [-0.39, 0.29) is 0 Å². The zero-order valence-electron chi connectivity index (χ0n) is 11.5. The highest BCUT2D eigenvalue weighted by Gasteiger charge is 2.17. The Kier molecular flexibility index (Phi) is 3.54. The van der Waals surface area contributed by atoms with Crippen LogP contribution in [0.2, 0.25) is 5.02 Å². The maximum atomic E-state index is 6.04. The van der Waals surface area contributed by atoms with Gasteiger partial charge in [0.25, 0.3) is 0 Å². The Morgan fingerprint density at radius 3 is 2.38 bits per heavy atom. The number of hydrogen-bond donors (Lipinski definition) is 2. The Morgan fingerprint density at radius 2 is 1.71 bits per heavy atom. The van der Waals surface area contributed by atoms with Crippen molar-refractivity contribution in [2.75, 3.05) is 17.7 Å². The van der Waals surface area contributed by atoms with E-state index in [9.17, 15) is 0 Å². The highest BCUT2D eigenvalue weighted by Crippen LogP contribution is 2.36. The largest absolute Gasteiger partial charge is 0.380 e. The summed E-state index contributed by atoms with van der Waals surface area (Å²) in [5, 5.41) is 7.84. The third-order valence-corrected chi connectivity index (χ3v) is 3.63. The second-order valence-corrected chi connectivity index (χ2v) is 5.17. The van der Waals surface area contributed by atoms with E-state index in [0.717, 1.165) is 22.6 Å². The van der Waals surface area contributed by atoms with Gasteiger partial charge in [0.05, 0.1) is 5.69 Å². The molecule has 0 saturated heterocycles. The van der Waals surface area contributed by atoms with E-state index in [4.69, 9.17) is 17.3 Å². The summed E-state index contributed by atoms with van der Waals surface area (Å²) in [6.45, 7) is 0. The smallest absolute Gasteiger partial charge is 0.169 e. The van der Waals surface area contributed by atoms with Gasteiger partial charge in [0.15, 0.2) is 5.82 Å². The summed E-state index contributed by atoms with van der Waals surface area (Å²) in [7, 11) is 1.97. The lowest BCUT2D eigenvalue weighted by molar-refractivity contribution is 1.10. The van der Waals surface area contributed by atoms with E-state index in [1.165, 1.54) is 0 Å². The lowest BCUT2D eigenvalue weighted by Crippen LogP contribution is -2.11. The van der Waals surface area contributed by atoms with Gasteiger partial charge in [0, 0.05) is 23.3 Å². The molecule has 0 aliphatic rings. The first-order valence-electron chi connectivity index (χ1n) is 6.55. The number of H-pyrrole nitrogens is 1. The second kappa shape index (κ2) is 5.50. The van der Waals surface area contributed by atoms with Gasteiger partial charge in [-0.05, 0) is 24.3 Å². The molecule has 1 aromatic heterocycles. The Hall–Kier alpha value is -2.46. The van der Waals surface area contributed by atoms with Crippen molar-refractivity contribution in [1.82, 2.24) is 10.2 Å². The van der Waals surface area contributed by atoms with Crippen LogP contribution in [0.5, 0.6) is 0 Å². The summed E-state index contributed by atoms with van der Waals surface area (Å²) in [5.74, 6) is 0.464. The number of nitrogens with zero attached hydrogens (tertiary/aromatic N) is 2. The molecule has 0 unspecified atom stereocenters. The SMILES string of the molecule is CN(c1ccccc1)c1c(N)n[nH]c1-c1ccc(Cl)cc1. The molecule has 2 aromatic carbocycles. The number of nitrogens with two attached hydrogens (primary N) is 1. The molecule has 1 heterocycles. The van der Waals surface area contributed by atoms with Crippen LogP contribution < -0.4 is 10.6 Å². The summed E-state index contributed by atoms with van der Waals surface area (Å²) in [6, 6.07) is 17.6. The van der Waals surface area contributed by atoms with E-state index < -0.39 is 0 Å².